The van der Waals surface area contributed by atoms with Gasteiger partial charge in [0.25, 0.3) is 0 Å². The average molecular weight is 224 g/mol. The molecule has 0 bridgehead atoms. The Morgan fingerprint density at radius 3 is 2.31 bits per heavy atom. The lowest BCUT2D eigenvalue weighted by molar-refractivity contribution is 0.349. The Kier molecular flexibility index (Phi) is 7.56. The van der Waals surface area contributed by atoms with E-state index in [-0.39, 0.29) is 0 Å². The summed E-state index contributed by atoms with van der Waals surface area (Å²) in [7, 11) is 3.74. The van der Waals surface area contributed by atoms with E-state index < -0.39 is 0 Å². The van der Waals surface area contributed by atoms with Gasteiger partial charge >= 0.3 is 0 Å². The number of hydrogen-bond acceptors (Lipinski definition) is 3. The minimum atomic E-state index is 0.712. The second-order valence-corrected chi connectivity index (χ2v) is 3.13. The molecule has 0 atom stereocenters. The fourth-order valence-corrected chi connectivity index (χ4v) is 1.51. The number of aromatic nitrogens is 1. The lowest BCUT2D eigenvalue weighted by atomic mass is 10.2. The molecule has 2 rings (SSSR count). The van der Waals surface area contributed by atoms with Crippen LogP contribution in [-0.2, 0) is 13.1 Å². The summed E-state index contributed by atoms with van der Waals surface area (Å²) in [5, 5.41) is 0. The van der Waals surface area contributed by atoms with E-state index in [4.69, 9.17) is 4.74 Å². The lowest BCUT2D eigenvalue weighted by Gasteiger charge is -2.02. The molecule has 2 heterocycles. The lowest BCUT2D eigenvalue weighted by Crippen LogP contribution is -2.07. The van der Waals surface area contributed by atoms with E-state index >= 15 is 0 Å². The summed E-state index contributed by atoms with van der Waals surface area (Å²) in [6, 6.07) is 4.00. The van der Waals surface area contributed by atoms with E-state index in [2.05, 4.69) is 23.0 Å². The van der Waals surface area contributed by atoms with Crippen molar-refractivity contribution in [3.05, 3.63) is 23.4 Å². The zero-order valence-corrected chi connectivity index (χ0v) is 11.4. The van der Waals surface area contributed by atoms with Gasteiger partial charge in [-0.3, -0.25) is 4.90 Å². The second kappa shape index (κ2) is 8.11. The summed E-state index contributed by atoms with van der Waals surface area (Å²) >= 11 is 0. The van der Waals surface area contributed by atoms with Gasteiger partial charge in [0.2, 0.25) is 5.88 Å². The van der Waals surface area contributed by atoms with E-state index in [1.54, 1.807) is 7.11 Å². The molecule has 1 aliphatic rings. The van der Waals surface area contributed by atoms with E-state index in [1.165, 1.54) is 5.56 Å². The van der Waals surface area contributed by atoms with Crippen LogP contribution in [0.2, 0.25) is 0 Å². The van der Waals surface area contributed by atoms with Gasteiger partial charge in [0, 0.05) is 19.2 Å². The molecule has 1 aromatic rings. The maximum atomic E-state index is 5.05. The highest BCUT2D eigenvalue weighted by Gasteiger charge is 2.16. The summed E-state index contributed by atoms with van der Waals surface area (Å²) in [4.78, 5) is 6.59. The molecule has 0 aromatic carbocycles. The smallest absolute Gasteiger partial charge is 0.213 e. The first-order valence-corrected chi connectivity index (χ1v) is 6.01. The van der Waals surface area contributed by atoms with Crippen LogP contribution in [0.3, 0.4) is 0 Å². The molecule has 0 spiro atoms. The summed E-state index contributed by atoms with van der Waals surface area (Å²) in [6.45, 7) is 9.94. The van der Waals surface area contributed by atoms with Crippen molar-refractivity contribution in [2.45, 2.75) is 40.8 Å². The van der Waals surface area contributed by atoms with Crippen molar-refractivity contribution in [1.29, 1.82) is 0 Å². The van der Waals surface area contributed by atoms with Crippen molar-refractivity contribution in [2.24, 2.45) is 0 Å². The summed E-state index contributed by atoms with van der Waals surface area (Å²) < 4.78 is 5.05. The molecular formula is C13H24N2O. The van der Waals surface area contributed by atoms with E-state index in [0.717, 1.165) is 18.8 Å². The van der Waals surface area contributed by atoms with Crippen molar-refractivity contribution < 1.29 is 4.74 Å². The molecule has 0 fully saturated rings. The molecule has 3 nitrogen and oxygen atoms in total. The molecule has 1 aromatic heterocycles. The fraction of sp³-hybridized carbons (Fsp3) is 0.615. The van der Waals surface area contributed by atoms with Crippen LogP contribution in [0, 0.1) is 0 Å². The Bertz CT molecular complexity index is 300. The van der Waals surface area contributed by atoms with Crippen molar-refractivity contribution in [2.75, 3.05) is 14.2 Å². The average Bonchev–Trinajstić information content (AvgIpc) is 2.73. The molecule has 0 radical (unpaired) electrons. The normalized spacial score (nSPS) is 12.9. The fourth-order valence-electron chi connectivity index (χ4n) is 1.51. The molecule has 3 heteroatoms. The van der Waals surface area contributed by atoms with Crippen molar-refractivity contribution >= 4 is 0 Å². The Balaban J connectivity index is 0.000000509. The van der Waals surface area contributed by atoms with Crippen LogP contribution < -0.4 is 4.74 Å². The maximum Gasteiger partial charge on any atom is 0.213 e. The third kappa shape index (κ3) is 3.81. The highest BCUT2D eigenvalue weighted by molar-refractivity contribution is 5.28. The van der Waals surface area contributed by atoms with E-state index in [9.17, 15) is 0 Å². The predicted octanol–water partition coefficient (Wildman–Crippen LogP) is 3.09. The van der Waals surface area contributed by atoms with Crippen LogP contribution in [-0.4, -0.2) is 24.0 Å². The monoisotopic (exact) mass is 224 g/mol. The molecule has 92 valence electrons. The van der Waals surface area contributed by atoms with Gasteiger partial charge in [0.15, 0.2) is 0 Å². The van der Waals surface area contributed by atoms with Crippen LogP contribution in [0.4, 0.5) is 0 Å². The Morgan fingerprint density at radius 2 is 1.75 bits per heavy atom. The first kappa shape index (κ1) is 14.9. The van der Waals surface area contributed by atoms with Gasteiger partial charge in [0.05, 0.1) is 12.8 Å². The second-order valence-electron chi connectivity index (χ2n) is 3.13. The number of methoxy groups -OCH3 is 1. The SMILES string of the molecule is CC.CC.COc1ccc2c(n1)CN(C)C2. The molecule has 1 aliphatic heterocycles. The molecular weight excluding hydrogens is 200 g/mol. The molecule has 0 amide bonds. The third-order valence-corrected chi connectivity index (χ3v) is 2.11. The van der Waals surface area contributed by atoms with Crippen LogP contribution >= 0.6 is 0 Å². The highest BCUT2D eigenvalue weighted by Crippen LogP contribution is 2.21. The third-order valence-electron chi connectivity index (χ3n) is 2.11. The number of ether oxygens (including phenoxy) is 1. The topological polar surface area (TPSA) is 25.4 Å². The first-order valence-electron chi connectivity index (χ1n) is 6.01. The number of pyridine rings is 1. The van der Waals surface area contributed by atoms with Gasteiger partial charge in [-0.1, -0.05) is 33.8 Å². The number of nitrogens with zero attached hydrogens (tertiary/aromatic N) is 2. The number of fused-ring (bicyclic) bond motifs is 1. The summed E-state index contributed by atoms with van der Waals surface area (Å²) in [5.74, 6) is 0.712. The van der Waals surface area contributed by atoms with Gasteiger partial charge in [0.1, 0.15) is 0 Å². The van der Waals surface area contributed by atoms with Crippen LogP contribution in [0.1, 0.15) is 39.0 Å². The molecule has 0 unspecified atom stereocenters. The van der Waals surface area contributed by atoms with E-state index in [0.29, 0.717) is 5.88 Å². The Labute approximate surface area is 99.4 Å². The van der Waals surface area contributed by atoms with Gasteiger partial charge in [-0.2, -0.15) is 0 Å². The molecule has 16 heavy (non-hydrogen) atoms. The van der Waals surface area contributed by atoms with Gasteiger partial charge in [-0.05, 0) is 12.6 Å². The van der Waals surface area contributed by atoms with Crippen molar-refractivity contribution in [3.63, 3.8) is 0 Å². The Morgan fingerprint density at radius 1 is 1.12 bits per heavy atom. The minimum Gasteiger partial charge on any atom is -0.481 e. The first-order chi connectivity index (χ1) is 7.79. The predicted molar refractivity (Wildman–Crippen MR) is 68.7 cm³/mol. The van der Waals surface area contributed by atoms with Crippen molar-refractivity contribution in [3.8, 4) is 5.88 Å². The van der Waals surface area contributed by atoms with Crippen molar-refractivity contribution in [1.82, 2.24) is 9.88 Å². The standard InChI is InChI=1S/C9H12N2O.2C2H6/c1-11-5-7-3-4-9(12-2)10-8(7)6-11;2*1-2/h3-4H,5-6H2,1-2H3;2*1-2H3. The largest absolute Gasteiger partial charge is 0.481 e. The summed E-state index contributed by atoms with van der Waals surface area (Å²) in [5.41, 5.74) is 2.47. The molecule has 0 saturated carbocycles. The van der Waals surface area contributed by atoms with Crippen LogP contribution in [0.5, 0.6) is 5.88 Å². The van der Waals surface area contributed by atoms with Gasteiger partial charge in [-0.25, -0.2) is 4.98 Å². The maximum absolute atomic E-state index is 5.05. The van der Waals surface area contributed by atoms with Gasteiger partial charge in [-0.15, -0.1) is 0 Å². The molecule has 0 N–H and O–H groups in total. The van der Waals surface area contributed by atoms with Gasteiger partial charge < -0.3 is 4.74 Å². The van der Waals surface area contributed by atoms with Crippen LogP contribution in [0.15, 0.2) is 12.1 Å². The van der Waals surface area contributed by atoms with Crippen LogP contribution in [0.25, 0.3) is 0 Å². The highest BCUT2D eigenvalue weighted by atomic mass is 16.5. The zero-order chi connectivity index (χ0) is 12.6. The number of rotatable bonds is 1. The van der Waals surface area contributed by atoms with E-state index in [1.807, 2.05) is 33.8 Å². The molecule has 0 saturated heterocycles. The Hall–Kier alpha value is -1.09. The minimum absolute atomic E-state index is 0.712. The molecule has 0 aliphatic carbocycles. The summed E-state index contributed by atoms with van der Waals surface area (Å²) in [6.07, 6.45) is 0. The zero-order valence-electron chi connectivity index (χ0n) is 11.4. The quantitative estimate of drug-likeness (QED) is 0.733. The number of hydrogen-bond donors (Lipinski definition) is 0.